The average molecular weight is 225 g/mol. The Morgan fingerprint density at radius 3 is 2.31 bits per heavy atom. The summed E-state index contributed by atoms with van der Waals surface area (Å²) in [5.41, 5.74) is 0.398. The maximum absolute atomic E-state index is 12.8. The van der Waals surface area contributed by atoms with Gasteiger partial charge in [-0.3, -0.25) is 0 Å². The lowest BCUT2D eigenvalue weighted by atomic mass is 9.92. The van der Waals surface area contributed by atoms with Crippen molar-refractivity contribution in [1.29, 1.82) is 0 Å². The monoisotopic (exact) mass is 225 g/mol. The predicted octanol–water partition coefficient (Wildman–Crippen LogP) is 2.28. The zero-order valence-corrected chi connectivity index (χ0v) is 10.1. The zero-order valence-electron chi connectivity index (χ0n) is 10.1. The Labute approximate surface area is 96.5 Å². The standard InChI is InChI=1S/C13H20FNO/c1-10(2)8-15-13(3,9-16)11-4-6-12(14)7-5-11/h4-7,10,15-16H,8-9H2,1-3H3. The molecule has 3 heteroatoms. The normalized spacial score (nSPS) is 15.1. The van der Waals surface area contributed by atoms with Gasteiger partial charge < -0.3 is 10.4 Å². The molecule has 0 saturated heterocycles. The van der Waals surface area contributed by atoms with Crippen LogP contribution < -0.4 is 5.32 Å². The second-order valence-electron chi connectivity index (χ2n) is 4.77. The van der Waals surface area contributed by atoms with E-state index in [9.17, 15) is 9.50 Å². The van der Waals surface area contributed by atoms with E-state index in [0.717, 1.165) is 12.1 Å². The quantitative estimate of drug-likeness (QED) is 0.805. The summed E-state index contributed by atoms with van der Waals surface area (Å²) in [7, 11) is 0. The number of hydrogen-bond acceptors (Lipinski definition) is 2. The second kappa shape index (κ2) is 5.41. The van der Waals surface area contributed by atoms with Crippen molar-refractivity contribution in [3.63, 3.8) is 0 Å². The van der Waals surface area contributed by atoms with Gasteiger partial charge in [-0.05, 0) is 37.1 Å². The van der Waals surface area contributed by atoms with Crippen molar-refractivity contribution >= 4 is 0 Å². The molecule has 0 spiro atoms. The molecule has 1 atom stereocenters. The highest BCUT2D eigenvalue weighted by molar-refractivity contribution is 5.24. The molecule has 1 aromatic rings. The van der Waals surface area contributed by atoms with Crippen LogP contribution in [-0.4, -0.2) is 18.3 Å². The van der Waals surface area contributed by atoms with Crippen LogP contribution in [-0.2, 0) is 5.54 Å². The molecule has 0 bridgehead atoms. The minimum Gasteiger partial charge on any atom is -0.394 e. The molecule has 0 amide bonds. The van der Waals surface area contributed by atoms with Crippen LogP contribution in [0.2, 0.25) is 0 Å². The van der Waals surface area contributed by atoms with Crippen LogP contribution in [0, 0.1) is 11.7 Å². The summed E-state index contributed by atoms with van der Waals surface area (Å²) in [6.45, 7) is 6.94. The van der Waals surface area contributed by atoms with E-state index in [0.29, 0.717) is 5.92 Å². The third-order valence-electron chi connectivity index (χ3n) is 2.70. The van der Waals surface area contributed by atoms with Crippen molar-refractivity contribution in [2.75, 3.05) is 13.2 Å². The summed E-state index contributed by atoms with van der Waals surface area (Å²) in [5, 5.41) is 12.8. The molecule has 90 valence electrons. The SMILES string of the molecule is CC(C)CNC(C)(CO)c1ccc(F)cc1. The lowest BCUT2D eigenvalue weighted by molar-refractivity contribution is 0.171. The summed E-state index contributed by atoms with van der Waals surface area (Å²) >= 11 is 0. The van der Waals surface area contributed by atoms with Crippen LogP contribution in [0.5, 0.6) is 0 Å². The molecule has 16 heavy (non-hydrogen) atoms. The van der Waals surface area contributed by atoms with Crippen molar-refractivity contribution in [1.82, 2.24) is 5.32 Å². The zero-order chi connectivity index (χ0) is 12.2. The number of halogens is 1. The Bertz CT molecular complexity index is 323. The van der Waals surface area contributed by atoms with Gasteiger partial charge in [0.25, 0.3) is 0 Å². The molecule has 0 fully saturated rings. The van der Waals surface area contributed by atoms with Crippen molar-refractivity contribution in [2.45, 2.75) is 26.3 Å². The van der Waals surface area contributed by atoms with Crippen LogP contribution in [0.25, 0.3) is 0 Å². The summed E-state index contributed by atoms with van der Waals surface area (Å²) in [5.74, 6) is 0.249. The third kappa shape index (κ3) is 3.29. The predicted molar refractivity (Wildman–Crippen MR) is 63.7 cm³/mol. The van der Waals surface area contributed by atoms with E-state index < -0.39 is 5.54 Å². The number of aliphatic hydroxyl groups is 1. The van der Waals surface area contributed by atoms with Gasteiger partial charge in [0.1, 0.15) is 5.82 Å². The van der Waals surface area contributed by atoms with Gasteiger partial charge in [-0.25, -0.2) is 4.39 Å². The Balaban J connectivity index is 2.82. The van der Waals surface area contributed by atoms with E-state index in [2.05, 4.69) is 19.2 Å². The van der Waals surface area contributed by atoms with Crippen LogP contribution in [0.3, 0.4) is 0 Å². The minimum absolute atomic E-state index is 0.00858. The van der Waals surface area contributed by atoms with Gasteiger partial charge in [-0.1, -0.05) is 26.0 Å². The molecule has 2 N–H and O–H groups in total. The Morgan fingerprint density at radius 2 is 1.88 bits per heavy atom. The topological polar surface area (TPSA) is 32.3 Å². The second-order valence-corrected chi connectivity index (χ2v) is 4.77. The highest BCUT2D eigenvalue weighted by Gasteiger charge is 2.25. The van der Waals surface area contributed by atoms with Crippen LogP contribution in [0.15, 0.2) is 24.3 Å². The van der Waals surface area contributed by atoms with E-state index in [1.807, 2.05) is 6.92 Å². The molecular weight excluding hydrogens is 205 g/mol. The molecule has 0 heterocycles. The molecular formula is C13H20FNO. The number of rotatable bonds is 5. The van der Waals surface area contributed by atoms with E-state index in [1.54, 1.807) is 12.1 Å². The highest BCUT2D eigenvalue weighted by Crippen LogP contribution is 2.20. The Kier molecular flexibility index (Phi) is 4.44. The Hall–Kier alpha value is -0.930. The molecule has 2 nitrogen and oxygen atoms in total. The average Bonchev–Trinajstić information content (AvgIpc) is 2.27. The first kappa shape index (κ1) is 13.1. The lowest BCUT2D eigenvalue weighted by Gasteiger charge is -2.30. The molecule has 0 aliphatic rings. The van der Waals surface area contributed by atoms with E-state index in [1.165, 1.54) is 12.1 Å². The first-order valence-electron chi connectivity index (χ1n) is 5.60. The largest absolute Gasteiger partial charge is 0.394 e. The fourth-order valence-corrected chi connectivity index (χ4v) is 1.50. The number of nitrogens with one attached hydrogen (secondary N) is 1. The minimum atomic E-state index is -0.502. The van der Waals surface area contributed by atoms with Crippen molar-refractivity contribution in [2.24, 2.45) is 5.92 Å². The molecule has 0 radical (unpaired) electrons. The molecule has 0 aromatic heterocycles. The van der Waals surface area contributed by atoms with E-state index >= 15 is 0 Å². The maximum Gasteiger partial charge on any atom is 0.123 e. The van der Waals surface area contributed by atoms with Gasteiger partial charge >= 0.3 is 0 Å². The van der Waals surface area contributed by atoms with Crippen LogP contribution >= 0.6 is 0 Å². The maximum atomic E-state index is 12.8. The van der Waals surface area contributed by atoms with Gasteiger partial charge in [0.2, 0.25) is 0 Å². The van der Waals surface area contributed by atoms with Crippen LogP contribution in [0.1, 0.15) is 26.3 Å². The smallest absolute Gasteiger partial charge is 0.123 e. The molecule has 1 rings (SSSR count). The molecule has 1 aromatic carbocycles. The van der Waals surface area contributed by atoms with Crippen LogP contribution in [0.4, 0.5) is 4.39 Å². The van der Waals surface area contributed by atoms with E-state index in [4.69, 9.17) is 0 Å². The first-order valence-corrected chi connectivity index (χ1v) is 5.60. The fourth-order valence-electron chi connectivity index (χ4n) is 1.50. The lowest BCUT2D eigenvalue weighted by Crippen LogP contribution is -2.44. The first-order chi connectivity index (χ1) is 7.48. The summed E-state index contributed by atoms with van der Waals surface area (Å²) in [4.78, 5) is 0. The van der Waals surface area contributed by atoms with E-state index in [-0.39, 0.29) is 12.4 Å². The molecule has 0 saturated carbocycles. The van der Waals surface area contributed by atoms with Crippen molar-refractivity contribution in [3.05, 3.63) is 35.6 Å². The number of hydrogen-bond donors (Lipinski definition) is 2. The van der Waals surface area contributed by atoms with Crippen molar-refractivity contribution in [3.8, 4) is 0 Å². The van der Waals surface area contributed by atoms with Gasteiger partial charge in [0.15, 0.2) is 0 Å². The van der Waals surface area contributed by atoms with Gasteiger partial charge in [0.05, 0.1) is 12.1 Å². The number of aliphatic hydroxyl groups excluding tert-OH is 1. The summed E-state index contributed by atoms with van der Waals surface area (Å²) in [6, 6.07) is 6.25. The Morgan fingerprint density at radius 1 is 1.31 bits per heavy atom. The summed E-state index contributed by atoms with van der Waals surface area (Å²) < 4.78 is 12.8. The van der Waals surface area contributed by atoms with Crippen molar-refractivity contribution < 1.29 is 9.50 Å². The van der Waals surface area contributed by atoms with Gasteiger partial charge in [-0.15, -0.1) is 0 Å². The summed E-state index contributed by atoms with van der Waals surface area (Å²) in [6.07, 6.45) is 0. The third-order valence-corrected chi connectivity index (χ3v) is 2.70. The van der Waals surface area contributed by atoms with Gasteiger partial charge in [-0.2, -0.15) is 0 Å². The van der Waals surface area contributed by atoms with Gasteiger partial charge in [0, 0.05) is 0 Å². The molecule has 0 aliphatic heterocycles. The molecule has 1 unspecified atom stereocenters. The highest BCUT2D eigenvalue weighted by atomic mass is 19.1. The number of benzene rings is 1. The fraction of sp³-hybridized carbons (Fsp3) is 0.538. The molecule has 0 aliphatic carbocycles.